The van der Waals surface area contributed by atoms with Crippen LogP contribution in [0.1, 0.15) is 5.69 Å². The Labute approximate surface area is 99.7 Å². The van der Waals surface area contributed by atoms with Crippen LogP contribution in [0.15, 0.2) is 30.3 Å². The van der Waals surface area contributed by atoms with E-state index < -0.39 is 0 Å². The summed E-state index contributed by atoms with van der Waals surface area (Å²) in [7, 11) is 1.63. The van der Waals surface area contributed by atoms with Gasteiger partial charge in [-0.05, 0) is 31.2 Å². The van der Waals surface area contributed by atoms with Crippen LogP contribution in [0.2, 0.25) is 0 Å². The molecule has 5 heteroatoms. The molecule has 0 aliphatic rings. The number of hydrogen-bond donors (Lipinski definition) is 2. The van der Waals surface area contributed by atoms with Crippen LogP contribution >= 0.6 is 0 Å². The second-order valence-electron chi connectivity index (χ2n) is 3.61. The van der Waals surface area contributed by atoms with E-state index in [9.17, 15) is 0 Å². The van der Waals surface area contributed by atoms with Crippen LogP contribution in [0.5, 0.6) is 5.75 Å². The molecule has 88 valence electrons. The van der Waals surface area contributed by atoms with Gasteiger partial charge in [0.1, 0.15) is 11.6 Å². The Hall–Kier alpha value is -2.30. The molecule has 1 heterocycles. The van der Waals surface area contributed by atoms with E-state index in [4.69, 9.17) is 10.5 Å². The van der Waals surface area contributed by atoms with Gasteiger partial charge < -0.3 is 15.8 Å². The zero-order chi connectivity index (χ0) is 12.3. The summed E-state index contributed by atoms with van der Waals surface area (Å²) in [4.78, 5) is 8.33. The van der Waals surface area contributed by atoms with E-state index in [0.717, 1.165) is 17.1 Å². The molecule has 17 heavy (non-hydrogen) atoms. The van der Waals surface area contributed by atoms with Crippen LogP contribution in [-0.2, 0) is 0 Å². The maximum Gasteiger partial charge on any atom is 0.229 e. The molecule has 0 saturated carbocycles. The van der Waals surface area contributed by atoms with Crippen LogP contribution in [0.4, 0.5) is 17.5 Å². The highest BCUT2D eigenvalue weighted by atomic mass is 16.5. The monoisotopic (exact) mass is 230 g/mol. The third-order valence-corrected chi connectivity index (χ3v) is 2.22. The average Bonchev–Trinajstić information content (AvgIpc) is 2.28. The Morgan fingerprint density at radius 2 is 1.88 bits per heavy atom. The van der Waals surface area contributed by atoms with E-state index in [0.29, 0.717) is 11.8 Å². The number of benzene rings is 1. The highest BCUT2D eigenvalue weighted by Gasteiger charge is 2.00. The summed E-state index contributed by atoms with van der Waals surface area (Å²) in [6.07, 6.45) is 0. The van der Waals surface area contributed by atoms with Crippen molar-refractivity contribution in [2.45, 2.75) is 6.92 Å². The highest BCUT2D eigenvalue weighted by molar-refractivity contribution is 5.55. The minimum atomic E-state index is 0.452. The van der Waals surface area contributed by atoms with E-state index in [2.05, 4.69) is 15.3 Å². The zero-order valence-electron chi connectivity index (χ0n) is 9.77. The van der Waals surface area contributed by atoms with E-state index in [1.807, 2.05) is 31.2 Å². The highest BCUT2D eigenvalue weighted by Crippen LogP contribution is 2.18. The lowest BCUT2D eigenvalue weighted by Crippen LogP contribution is -2.01. The summed E-state index contributed by atoms with van der Waals surface area (Å²) >= 11 is 0. The van der Waals surface area contributed by atoms with Crippen molar-refractivity contribution in [2.24, 2.45) is 0 Å². The van der Waals surface area contributed by atoms with Crippen molar-refractivity contribution in [3.05, 3.63) is 36.0 Å². The van der Waals surface area contributed by atoms with E-state index in [1.54, 1.807) is 13.2 Å². The van der Waals surface area contributed by atoms with E-state index in [1.165, 1.54) is 0 Å². The standard InChI is InChI=1S/C12H14N4O/c1-8-7-11(13)16-12(14-8)15-9-3-5-10(17-2)6-4-9/h3-7H,1-2H3,(H3,13,14,15,16). The molecule has 0 aliphatic heterocycles. The van der Waals surface area contributed by atoms with Crippen molar-refractivity contribution in [2.75, 3.05) is 18.2 Å². The molecular weight excluding hydrogens is 216 g/mol. The summed E-state index contributed by atoms with van der Waals surface area (Å²) in [6.45, 7) is 1.87. The molecule has 0 bridgehead atoms. The fourth-order valence-corrected chi connectivity index (χ4v) is 1.45. The summed E-state index contributed by atoms with van der Waals surface area (Å²) in [6, 6.07) is 9.23. The fourth-order valence-electron chi connectivity index (χ4n) is 1.45. The minimum Gasteiger partial charge on any atom is -0.497 e. The number of nitrogens with two attached hydrogens (primary N) is 1. The SMILES string of the molecule is COc1ccc(Nc2nc(C)cc(N)n2)cc1. The summed E-state index contributed by atoms with van der Waals surface area (Å²) in [5.41, 5.74) is 7.36. The molecule has 3 N–H and O–H groups in total. The van der Waals surface area contributed by atoms with Crippen LogP contribution in [0.3, 0.4) is 0 Å². The number of ether oxygens (including phenoxy) is 1. The molecule has 1 aromatic carbocycles. The molecule has 0 amide bonds. The van der Waals surface area contributed by atoms with Gasteiger partial charge >= 0.3 is 0 Å². The van der Waals surface area contributed by atoms with Crippen LogP contribution < -0.4 is 15.8 Å². The number of anilines is 3. The van der Waals surface area contributed by atoms with Gasteiger partial charge in [0.05, 0.1) is 7.11 Å². The Morgan fingerprint density at radius 1 is 1.18 bits per heavy atom. The Bertz CT molecular complexity index is 490. The Balaban J connectivity index is 2.19. The van der Waals surface area contributed by atoms with Gasteiger partial charge in [-0.3, -0.25) is 0 Å². The van der Waals surface area contributed by atoms with Crippen LogP contribution in [-0.4, -0.2) is 17.1 Å². The maximum atomic E-state index is 5.65. The van der Waals surface area contributed by atoms with Crippen LogP contribution in [0, 0.1) is 6.92 Å². The van der Waals surface area contributed by atoms with E-state index >= 15 is 0 Å². The number of rotatable bonds is 3. The van der Waals surface area contributed by atoms with Crippen molar-refractivity contribution in [1.82, 2.24) is 9.97 Å². The van der Waals surface area contributed by atoms with Crippen molar-refractivity contribution in [1.29, 1.82) is 0 Å². The normalized spacial score (nSPS) is 10.0. The number of aryl methyl sites for hydroxylation is 1. The quantitative estimate of drug-likeness (QED) is 0.844. The third-order valence-electron chi connectivity index (χ3n) is 2.22. The molecule has 1 aromatic heterocycles. The number of nitrogens with one attached hydrogen (secondary N) is 1. The molecule has 0 radical (unpaired) electrons. The lowest BCUT2D eigenvalue weighted by Gasteiger charge is -2.07. The first-order valence-electron chi connectivity index (χ1n) is 5.19. The molecular formula is C12H14N4O. The maximum absolute atomic E-state index is 5.65. The first kappa shape index (κ1) is 11.2. The molecule has 0 aliphatic carbocycles. The van der Waals surface area contributed by atoms with Gasteiger partial charge in [-0.2, -0.15) is 4.98 Å². The zero-order valence-corrected chi connectivity index (χ0v) is 9.77. The van der Waals surface area contributed by atoms with Crippen molar-refractivity contribution < 1.29 is 4.74 Å². The van der Waals surface area contributed by atoms with Crippen molar-refractivity contribution >= 4 is 17.5 Å². The number of hydrogen-bond acceptors (Lipinski definition) is 5. The van der Waals surface area contributed by atoms with Crippen molar-refractivity contribution in [3.63, 3.8) is 0 Å². The Morgan fingerprint density at radius 3 is 2.47 bits per heavy atom. The third kappa shape index (κ3) is 2.84. The fraction of sp³-hybridized carbons (Fsp3) is 0.167. The molecule has 2 aromatic rings. The largest absolute Gasteiger partial charge is 0.497 e. The van der Waals surface area contributed by atoms with Gasteiger partial charge in [-0.25, -0.2) is 4.98 Å². The van der Waals surface area contributed by atoms with Gasteiger partial charge in [0.15, 0.2) is 0 Å². The first-order valence-corrected chi connectivity index (χ1v) is 5.19. The minimum absolute atomic E-state index is 0.452. The Kier molecular flexibility index (Phi) is 3.09. The first-order chi connectivity index (χ1) is 8.17. The van der Waals surface area contributed by atoms with Crippen LogP contribution in [0.25, 0.3) is 0 Å². The van der Waals surface area contributed by atoms with Crippen molar-refractivity contribution in [3.8, 4) is 5.75 Å². The van der Waals surface area contributed by atoms with Gasteiger partial charge in [0.25, 0.3) is 0 Å². The van der Waals surface area contributed by atoms with Gasteiger partial charge in [-0.15, -0.1) is 0 Å². The lowest BCUT2D eigenvalue weighted by atomic mass is 10.3. The second kappa shape index (κ2) is 4.69. The molecule has 5 nitrogen and oxygen atoms in total. The van der Waals surface area contributed by atoms with Gasteiger partial charge in [0.2, 0.25) is 5.95 Å². The summed E-state index contributed by atoms with van der Waals surface area (Å²) in [5, 5.41) is 3.08. The lowest BCUT2D eigenvalue weighted by molar-refractivity contribution is 0.415. The molecule has 0 spiro atoms. The molecule has 0 unspecified atom stereocenters. The topological polar surface area (TPSA) is 73.1 Å². The van der Waals surface area contributed by atoms with Gasteiger partial charge in [-0.1, -0.05) is 0 Å². The van der Waals surface area contributed by atoms with E-state index in [-0.39, 0.29) is 0 Å². The number of nitrogens with zero attached hydrogens (tertiary/aromatic N) is 2. The predicted octanol–water partition coefficient (Wildman–Crippen LogP) is 2.12. The summed E-state index contributed by atoms with van der Waals surface area (Å²) < 4.78 is 5.08. The molecule has 0 saturated heterocycles. The number of methoxy groups -OCH3 is 1. The average molecular weight is 230 g/mol. The molecule has 0 atom stereocenters. The van der Waals surface area contributed by atoms with Gasteiger partial charge in [0, 0.05) is 17.4 Å². The number of aromatic nitrogens is 2. The summed E-state index contributed by atoms with van der Waals surface area (Å²) in [5.74, 6) is 1.75. The second-order valence-corrected chi connectivity index (χ2v) is 3.61. The number of nitrogen functional groups attached to an aromatic ring is 1. The smallest absolute Gasteiger partial charge is 0.229 e. The molecule has 0 fully saturated rings. The molecule has 2 rings (SSSR count). The predicted molar refractivity (Wildman–Crippen MR) is 67.5 cm³/mol.